The summed E-state index contributed by atoms with van der Waals surface area (Å²) in [4.78, 5) is 1.40. The molecule has 0 bridgehead atoms. The highest BCUT2D eigenvalue weighted by atomic mass is 32.1. The van der Waals surface area contributed by atoms with Crippen molar-refractivity contribution in [3.05, 3.63) is 64.9 Å². The minimum absolute atomic E-state index is 0.329. The molecule has 0 aliphatic carbocycles. The van der Waals surface area contributed by atoms with Crippen molar-refractivity contribution in [2.75, 3.05) is 5.32 Å². The standard InChI is InChI=1S/C15H17NS/c1-3-7-14(15-12(2)10-11-17-15)16-13-8-5-4-6-9-13/h3-6,8-11,14,16H,1,7H2,2H3. The van der Waals surface area contributed by atoms with Gasteiger partial charge in [0.15, 0.2) is 0 Å². The molecule has 1 unspecified atom stereocenters. The summed E-state index contributed by atoms with van der Waals surface area (Å²) in [6, 6.07) is 12.8. The van der Waals surface area contributed by atoms with Crippen molar-refractivity contribution in [1.29, 1.82) is 0 Å². The van der Waals surface area contributed by atoms with Crippen molar-refractivity contribution in [3.63, 3.8) is 0 Å². The smallest absolute Gasteiger partial charge is 0.0643 e. The van der Waals surface area contributed by atoms with Gasteiger partial charge in [-0.25, -0.2) is 0 Å². The number of hydrogen-bond donors (Lipinski definition) is 1. The maximum atomic E-state index is 3.85. The van der Waals surface area contributed by atoms with Gasteiger partial charge < -0.3 is 5.32 Å². The van der Waals surface area contributed by atoms with Crippen molar-refractivity contribution in [3.8, 4) is 0 Å². The Labute approximate surface area is 107 Å². The first kappa shape index (κ1) is 11.9. The predicted molar refractivity (Wildman–Crippen MR) is 76.7 cm³/mol. The molecule has 0 amide bonds. The van der Waals surface area contributed by atoms with E-state index in [0.29, 0.717) is 6.04 Å². The van der Waals surface area contributed by atoms with Gasteiger partial charge in [0, 0.05) is 10.6 Å². The molecule has 2 aromatic rings. The third-order valence-electron chi connectivity index (χ3n) is 2.74. The van der Waals surface area contributed by atoms with Gasteiger partial charge >= 0.3 is 0 Å². The fourth-order valence-corrected chi connectivity index (χ4v) is 2.87. The lowest BCUT2D eigenvalue weighted by Gasteiger charge is -2.18. The third kappa shape index (κ3) is 2.98. The molecule has 0 fully saturated rings. The van der Waals surface area contributed by atoms with E-state index in [1.165, 1.54) is 10.4 Å². The van der Waals surface area contributed by atoms with Crippen LogP contribution in [0, 0.1) is 6.92 Å². The highest BCUT2D eigenvalue weighted by molar-refractivity contribution is 7.10. The first-order valence-electron chi connectivity index (χ1n) is 5.77. The summed E-state index contributed by atoms with van der Waals surface area (Å²) in [5, 5.41) is 5.71. The van der Waals surface area contributed by atoms with Crippen molar-refractivity contribution in [2.24, 2.45) is 0 Å². The van der Waals surface area contributed by atoms with E-state index < -0.39 is 0 Å². The number of para-hydroxylation sites is 1. The Morgan fingerprint density at radius 1 is 1.29 bits per heavy atom. The van der Waals surface area contributed by atoms with Crippen LogP contribution in [0.25, 0.3) is 0 Å². The molecule has 0 saturated heterocycles. The topological polar surface area (TPSA) is 12.0 Å². The zero-order valence-electron chi connectivity index (χ0n) is 10.0. The Morgan fingerprint density at radius 3 is 2.65 bits per heavy atom. The van der Waals surface area contributed by atoms with E-state index in [1.54, 1.807) is 11.3 Å². The van der Waals surface area contributed by atoms with E-state index in [-0.39, 0.29) is 0 Å². The van der Waals surface area contributed by atoms with Crippen LogP contribution in [-0.4, -0.2) is 0 Å². The summed E-state index contributed by atoms with van der Waals surface area (Å²) in [7, 11) is 0. The van der Waals surface area contributed by atoms with Crippen molar-refractivity contribution in [2.45, 2.75) is 19.4 Å². The Balaban J connectivity index is 2.19. The number of thiophene rings is 1. The van der Waals surface area contributed by atoms with Crippen LogP contribution in [0.4, 0.5) is 5.69 Å². The van der Waals surface area contributed by atoms with Crippen LogP contribution >= 0.6 is 11.3 Å². The summed E-state index contributed by atoms with van der Waals surface area (Å²) in [5.41, 5.74) is 2.51. The average Bonchev–Trinajstić information content (AvgIpc) is 2.76. The van der Waals surface area contributed by atoms with Crippen LogP contribution in [0.1, 0.15) is 22.9 Å². The normalized spacial score (nSPS) is 12.1. The van der Waals surface area contributed by atoms with Crippen LogP contribution in [0.5, 0.6) is 0 Å². The van der Waals surface area contributed by atoms with Gasteiger partial charge in [-0.05, 0) is 42.5 Å². The number of benzene rings is 1. The van der Waals surface area contributed by atoms with Crippen LogP contribution in [-0.2, 0) is 0 Å². The highest BCUT2D eigenvalue weighted by Crippen LogP contribution is 2.29. The minimum atomic E-state index is 0.329. The fraction of sp³-hybridized carbons (Fsp3) is 0.200. The van der Waals surface area contributed by atoms with Gasteiger partial charge in [-0.15, -0.1) is 17.9 Å². The molecule has 0 aliphatic heterocycles. The Bertz CT molecular complexity index is 473. The Morgan fingerprint density at radius 2 is 2.06 bits per heavy atom. The molecule has 1 heterocycles. The van der Waals surface area contributed by atoms with E-state index in [0.717, 1.165) is 12.1 Å². The van der Waals surface area contributed by atoms with Gasteiger partial charge in [0.2, 0.25) is 0 Å². The predicted octanol–water partition coefficient (Wildman–Crippen LogP) is 4.79. The van der Waals surface area contributed by atoms with Crippen molar-refractivity contribution < 1.29 is 0 Å². The molecular weight excluding hydrogens is 226 g/mol. The molecule has 1 atom stereocenters. The number of hydrogen-bond acceptors (Lipinski definition) is 2. The van der Waals surface area contributed by atoms with Gasteiger partial charge in [0.05, 0.1) is 6.04 Å². The SMILES string of the molecule is C=CCC(Nc1ccccc1)c1sccc1C. The molecule has 1 aromatic carbocycles. The number of nitrogens with one attached hydrogen (secondary N) is 1. The van der Waals surface area contributed by atoms with Gasteiger partial charge in [-0.1, -0.05) is 24.3 Å². The summed E-state index contributed by atoms with van der Waals surface area (Å²) < 4.78 is 0. The zero-order valence-corrected chi connectivity index (χ0v) is 10.8. The molecule has 17 heavy (non-hydrogen) atoms. The van der Waals surface area contributed by atoms with E-state index in [9.17, 15) is 0 Å². The zero-order chi connectivity index (χ0) is 12.1. The average molecular weight is 243 g/mol. The molecule has 2 rings (SSSR count). The van der Waals surface area contributed by atoms with E-state index in [1.807, 2.05) is 12.1 Å². The fourth-order valence-electron chi connectivity index (χ4n) is 1.88. The number of rotatable bonds is 5. The van der Waals surface area contributed by atoms with Gasteiger partial charge in [0.1, 0.15) is 0 Å². The van der Waals surface area contributed by atoms with Crippen LogP contribution < -0.4 is 5.32 Å². The summed E-state index contributed by atoms with van der Waals surface area (Å²) >= 11 is 1.81. The lowest BCUT2D eigenvalue weighted by atomic mass is 10.1. The second-order valence-corrected chi connectivity index (χ2v) is 5.00. The van der Waals surface area contributed by atoms with Crippen LogP contribution in [0.3, 0.4) is 0 Å². The largest absolute Gasteiger partial charge is 0.377 e. The molecule has 0 radical (unpaired) electrons. The molecular formula is C15H17NS. The monoisotopic (exact) mass is 243 g/mol. The lowest BCUT2D eigenvalue weighted by molar-refractivity contribution is 0.811. The highest BCUT2D eigenvalue weighted by Gasteiger charge is 2.13. The van der Waals surface area contributed by atoms with E-state index in [2.05, 4.69) is 54.5 Å². The molecule has 0 saturated carbocycles. The molecule has 2 heteroatoms. The number of anilines is 1. The molecule has 0 spiro atoms. The van der Waals surface area contributed by atoms with Crippen molar-refractivity contribution in [1.82, 2.24) is 0 Å². The number of aryl methyl sites for hydroxylation is 1. The quantitative estimate of drug-likeness (QED) is 0.745. The maximum Gasteiger partial charge on any atom is 0.0643 e. The van der Waals surface area contributed by atoms with E-state index in [4.69, 9.17) is 0 Å². The second-order valence-electron chi connectivity index (χ2n) is 4.06. The first-order valence-corrected chi connectivity index (χ1v) is 6.65. The first-order chi connectivity index (χ1) is 8.31. The minimum Gasteiger partial charge on any atom is -0.377 e. The van der Waals surface area contributed by atoms with Crippen LogP contribution in [0.2, 0.25) is 0 Å². The van der Waals surface area contributed by atoms with Crippen molar-refractivity contribution >= 4 is 17.0 Å². The summed E-state index contributed by atoms with van der Waals surface area (Å²) in [6.07, 6.45) is 2.91. The van der Waals surface area contributed by atoms with Gasteiger partial charge in [-0.3, -0.25) is 0 Å². The van der Waals surface area contributed by atoms with Gasteiger partial charge in [-0.2, -0.15) is 0 Å². The third-order valence-corrected chi connectivity index (χ3v) is 3.87. The van der Waals surface area contributed by atoms with Crippen LogP contribution in [0.15, 0.2) is 54.4 Å². The molecule has 1 nitrogen and oxygen atoms in total. The Kier molecular flexibility index (Phi) is 3.99. The Hall–Kier alpha value is -1.54. The van der Waals surface area contributed by atoms with E-state index >= 15 is 0 Å². The molecule has 1 aromatic heterocycles. The van der Waals surface area contributed by atoms with Gasteiger partial charge in [0.25, 0.3) is 0 Å². The molecule has 1 N–H and O–H groups in total. The molecule has 0 aliphatic rings. The summed E-state index contributed by atoms with van der Waals surface area (Å²) in [6.45, 7) is 6.01. The molecule has 88 valence electrons. The lowest BCUT2D eigenvalue weighted by Crippen LogP contribution is -2.09. The maximum absolute atomic E-state index is 3.85. The second kappa shape index (κ2) is 5.69. The summed E-state index contributed by atoms with van der Waals surface area (Å²) in [5.74, 6) is 0.